The van der Waals surface area contributed by atoms with E-state index in [9.17, 15) is 0 Å². The molecule has 1 aromatic heterocycles. The zero-order valence-corrected chi connectivity index (χ0v) is 4.20. The quantitative estimate of drug-likeness (QED) is 0.462. The van der Waals surface area contributed by atoms with Crippen molar-refractivity contribution in [2.45, 2.75) is 0 Å². The predicted octanol–water partition coefficient (Wildman–Crippen LogP) is 0.815. The van der Waals surface area contributed by atoms with E-state index in [1.807, 2.05) is 6.07 Å². The summed E-state index contributed by atoms with van der Waals surface area (Å²) in [5.74, 6) is 0. The third-order valence-corrected chi connectivity index (χ3v) is 1.04. The van der Waals surface area contributed by atoms with Crippen molar-refractivity contribution >= 4 is 11.3 Å². The van der Waals surface area contributed by atoms with Crippen LogP contribution in [0.25, 0.3) is 0 Å². The minimum absolute atomic E-state index is 0.449. The van der Waals surface area contributed by atoms with Crippen LogP contribution in [0.5, 0.6) is 0 Å². The first kappa shape index (κ1) is 4.28. The van der Waals surface area contributed by atoms with E-state index in [2.05, 4.69) is 10.5 Å². The Labute approximate surface area is 45.0 Å². The van der Waals surface area contributed by atoms with Crippen molar-refractivity contribution in [3.8, 4) is 6.07 Å². The average molecular weight is 109 g/mol. The van der Waals surface area contributed by atoms with Gasteiger partial charge in [0.15, 0.2) is 0 Å². The fourth-order valence-corrected chi connectivity index (χ4v) is 0.656. The molecule has 0 aliphatic carbocycles. The summed E-state index contributed by atoms with van der Waals surface area (Å²) in [4.78, 5) is 3.57. The lowest BCUT2D eigenvalue weighted by Gasteiger charge is -1.75. The standard InChI is InChI=1S/C4HN2S/c5-1-4-2-7-3-6-4/h2H/q-1. The Morgan fingerprint density at radius 3 is 3.14 bits per heavy atom. The van der Waals surface area contributed by atoms with Crippen LogP contribution in [-0.2, 0) is 0 Å². The number of nitrogens with zero attached hydrogens (tertiary/aromatic N) is 2. The molecule has 0 aliphatic rings. The summed E-state index contributed by atoms with van der Waals surface area (Å²) < 4.78 is 0. The van der Waals surface area contributed by atoms with Crippen molar-refractivity contribution in [1.82, 2.24) is 4.98 Å². The Kier molecular flexibility index (Phi) is 1.05. The van der Waals surface area contributed by atoms with Gasteiger partial charge in [0.05, 0.1) is 0 Å². The Morgan fingerprint density at radius 1 is 2.00 bits per heavy atom. The van der Waals surface area contributed by atoms with Crippen molar-refractivity contribution < 1.29 is 0 Å². The highest BCUT2D eigenvalue weighted by atomic mass is 32.1. The van der Waals surface area contributed by atoms with Crippen LogP contribution in [0.1, 0.15) is 5.69 Å². The lowest BCUT2D eigenvalue weighted by molar-refractivity contribution is 1.33. The maximum atomic E-state index is 8.10. The van der Waals surface area contributed by atoms with Gasteiger partial charge in [0.2, 0.25) is 0 Å². The van der Waals surface area contributed by atoms with Gasteiger partial charge in [-0.25, -0.2) is 5.26 Å². The van der Waals surface area contributed by atoms with E-state index in [1.54, 1.807) is 5.38 Å². The first-order valence-corrected chi connectivity index (χ1v) is 2.53. The van der Waals surface area contributed by atoms with Crippen LogP contribution >= 0.6 is 11.3 Å². The lowest BCUT2D eigenvalue weighted by atomic mass is 10.6. The molecule has 0 aliphatic heterocycles. The van der Waals surface area contributed by atoms with Gasteiger partial charge in [-0.05, 0) is 11.2 Å². The summed E-state index contributed by atoms with van der Waals surface area (Å²) in [6.45, 7) is 0. The molecule has 1 aromatic rings. The van der Waals surface area contributed by atoms with Gasteiger partial charge in [-0.1, -0.05) is 0 Å². The number of hydrogen-bond donors (Lipinski definition) is 0. The summed E-state index contributed by atoms with van der Waals surface area (Å²) in [7, 11) is 0. The van der Waals surface area contributed by atoms with Crippen LogP contribution in [0, 0.1) is 16.8 Å². The molecular formula is C4HN2S-. The molecule has 0 bridgehead atoms. The normalized spacial score (nSPS) is 7.86. The highest BCUT2D eigenvalue weighted by molar-refractivity contribution is 7.07. The molecule has 0 spiro atoms. The SMILES string of the molecule is N#Cc1cs[c-]n1. The second-order valence-electron chi connectivity index (χ2n) is 0.936. The van der Waals surface area contributed by atoms with Gasteiger partial charge >= 0.3 is 0 Å². The molecule has 1 heterocycles. The molecule has 7 heavy (non-hydrogen) atoms. The second-order valence-corrected chi connectivity index (χ2v) is 1.59. The summed E-state index contributed by atoms with van der Waals surface area (Å²) in [5, 5.41) is 9.75. The van der Waals surface area contributed by atoms with E-state index >= 15 is 0 Å². The first-order chi connectivity index (χ1) is 3.43. The number of aromatic nitrogens is 1. The minimum atomic E-state index is 0.449. The van der Waals surface area contributed by atoms with Crippen molar-refractivity contribution in [2.75, 3.05) is 0 Å². The Bertz CT molecular complexity index is 172. The van der Waals surface area contributed by atoms with E-state index < -0.39 is 0 Å². The van der Waals surface area contributed by atoms with Gasteiger partial charge in [-0.3, -0.25) is 11.3 Å². The van der Waals surface area contributed by atoms with Crippen LogP contribution in [0.15, 0.2) is 5.38 Å². The zero-order chi connectivity index (χ0) is 5.11. The molecule has 0 radical (unpaired) electrons. The third-order valence-electron chi connectivity index (χ3n) is 0.504. The maximum Gasteiger partial charge on any atom is 0.0386 e. The molecule has 0 atom stereocenters. The first-order valence-electron chi connectivity index (χ1n) is 1.65. The molecule has 0 unspecified atom stereocenters. The summed E-state index contributed by atoms with van der Waals surface area (Å²) in [6.07, 6.45) is 0. The predicted molar refractivity (Wildman–Crippen MR) is 25.7 cm³/mol. The summed E-state index contributed by atoms with van der Waals surface area (Å²) in [5.41, 5.74) is 3.00. The topological polar surface area (TPSA) is 36.7 Å². The van der Waals surface area contributed by atoms with Crippen molar-refractivity contribution in [2.24, 2.45) is 0 Å². The summed E-state index contributed by atoms with van der Waals surface area (Å²) >= 11 is 1.31. The van der Waals surface area contributed by atoms with E-state index in [0.29, 0.717) is 5.69 Å². The van der Waals surface area contributed by atoms with E-state index in [1.165, 1.54) is 11.3 Å². The van der Waals surface area contributed by atoms with Crippen molar-refractivity contribution in [1.29, 1.82) is 5.26 Å². The number of thiazole rings is 1. The number of nitriles is 1. The average Bonchev–Trinajstić information content (AvgIpc) is 2.14. The van der Waals surface area contributed by atoms with Crippen LogP contribution < -0.4 is 0 Å². The maximum absolute atomic E-state index is 8.10. The van der Waals surface area contributed by atoms with E-state index in [-0.39, 0.29) is 0 Å². The second kappa shape index (κ2) is 1.71. The van der Waals surface area contributed by atoms with Gasteiger partial charge in [0, 0.05) is 6.07 Å². The smallest absolute Gasteiger partial charge is 0.0386 e. The Hall–Kier alpha value is -0.880. The molecule has 34 valence electrons. The lowest BCUT2D eigenvalue weighted by Crippen LogP contribution is -1.64. The minimum Gasteiger partial charge on any atom is -0.376 e. The van der Waals surface area contributed by atoms with Gasteiger partial charge in [0.1, 0.15) is 0 Å². The van der Waals surface area contributed by atoms with E-state index in [0.717, 1.165) is 0 Å². The number of rotatable bonds is 0. The third kappa shape index (κ3) is 0.756. The molecular weight excluding hydrogens is 108 g/mol. The van der Waals surface area contributed by atoms with E-state index in [4.69, 9.17) is 5.26 Å². The van der Waals surface area contributed by atoms with Crippen molar-refractivity contribution in [3.63, 3.8) is 0 Å². The zero-order valence-electron chi connectivity index (χ0n) is 3.38. The van der Waals surface area contributed by atoms with Gasteiger partial charge in [-0.15, -0.1) is 5.38 Å². The summed E-state index contributed by atoms with van der Waals surface area (Å²) in [6, 6.07) is 1.88. The van der Waals surface area contributed by atoms with Gasteiger partial charge < -0.3 is 4.98 Å². The molecule has 1 rings (SSSR count). The molecule has 0 saturated heterocycles. The van der Waals surface area contributed by atoms with Crippen LogP contribution in [-0.4, -0.2) is 4.98 Å². The molecule has 0 saturated carbocycles. The fourth-order valence-electron chi connectivity index (χ4n) is 0.235. The molecule has 0 amide bonds. The highest BCUT2D eigenvalue weighted by Gasteiger charge is 1.70. The van der Waals surface area contributed by atoms with Crippen LogP contribution in [0.4, 0.5) is 0 Å². The largest absolute Gasteiger partial charge is 0.376 e. The highest BCUT2D eigenvalue weighted by Crippen LogP contribution is 1.95. The molecule has 0 fully saturated rings. The van der Waals surface area contributed by atoms with Gasteiger partial charge in [0.25, 0.3) is 0 Å². The molecule has 0 N–H and O–H groups in total. The van der Waals surface area contributed by atoms with Crippen LogP contribution in [0.3, 0.4) is 0 Å². The Balaban J connectivity index is 3.04. The monoisotopic (exact) mass is 109 g/mol. The Morgan fingerprint density at radius 2 is 2.86 bits per heavy atom. The van der Waals surface area contributed by atoms with Crippen molar-refractivity contribution in [3.05, 3.63) is 16.6 Å². The van der Waals surface area contributed by atoms with Crippen LogP contribution in [0.2, 0.25) is 0 Å². The van der Waals surface area contributed by atoms with Gasteiger partial charge in [-0.2, -0.15) is 0 Å². The molecule has 2 nitrogen and oxygen atoms in total. The fraction of sp³-hybridized carbons (Fsp3) is 0. The molecule has 0 aromatic carbocycles. The molecule has 3 heteroatoms. The number of hydrogen-bond acceptors (Lipinski definition) is 3.